The van der Waals surface area contributed by atoms with Gasteiger partial charge < -0.3 is 18.9 Å². The van der Waals surface area contributed by atoms with Crippen LogP contribution in [0, 0.1) is 80.8 Å². The Kier molecular flexibility index (Phi) is 9.03. The number of esters is 4. The summed E-state index contributed by atoms with van der Waals surface area (Å²) in [7, 11) is 0. The van der Waals surface area contributed by atoms with Crippen LogP contribution in [-0.4, -0.2) is 47.8 Å². The van der Waals surface area contributed by atoms with Crippen molar-refractivity contribution in [1.82, 2.24) is 0 Å². The SMILES string of the molecule is CC1C2CCC(C2)C1CC(C)(CC(C)(CC(C)(C)C(=O)OC12CC3CC(CC(C)(C3)C1)C2)C(=O)OC1CCOC1=O)C(=O)OC1(C)C2CC3CC(C2)CC1C3. The van der Waals surface area contributed by atoms with Crippen LogP contribution in [-0.2, 0) is 38.1 Å². The molecule has 10 aliphatic carbocycles. The minimum Gasteiger partial charge on any atom is -0.463 e. The maximum Gasteiger partial charge on any atom is 0.347 e. The number of hydrogen-bond donors (Lipinski definition) is 0. The van der Waals surface area contributed by atoms with Crippen molar-refractivity contribution in [2.75, 3.05) is 6.61 Å². The lowest BCUT2D eigenvalue weighted by Crippen LogP contribution is -2.59. The summed E-state index contributed by atoms with van der Waals surface area (Å²) in [6.07, 6.45) is 16.3. The van der Waals surface area contributed by atoms with Crippen LogP contribution in [0.4, 0.5) is 0 Å². The molecule has 0 aromatic carbocycles. The lowest BCUT2D eigenvalue weighted by Gasteiger charge is -2.60. The van der Waals surface area contributed by atoms with Gasteiger partial charge >= 0.3 is 23.9 Å². The second kappa shape index (κ2) is 12.9. The highest BCUT2D eigenvalue weighted by Gasteiger charge is 2.62. The van der Waals surface area contributed by atoms with Crippen LogP contribution in [0.2, 0.25) is 0 Å². The van der Waals surface area contributed by atoms with Crippen molar-refractivity contribution in [3.63, 3.8) is 0 Å². The van der Waals surface area contributed by atoms with Gasteiger partial charge in [0.2, 0.25) is 6.10 Å². The summed E-state index contributed by atoms with van der Waals surface area (Å²) in [6.45, 7) is 14.9. The third kappa shape index (κ3) is 6.60. The van der Waals surface area contributed by atoms with Gasteiger partial charge in [0.15, 0.2) is 0 Å². The van der Waals surface area contributed by atoms with Gasteiger partial charge in [-0.05, 0) is 208 Å². The molecule has 10 bridgehead atoms. The van der Waals surface area contributed by atoms with Crippen LogP contribution >= 0.6 is 0 Å². The van der Waals surface area contributed by atoms with Crippen LogP contribution in [0.3, 0.4) is 0 Å². The predicted octanol–water partition coefficient (Wildman–Crippen LogP) is 9.40. The van der Waals surface area contributed by atoms with E-state index in [1.807, 2.05) is 27.7 Å². The van der Waals surface area contributed by atoms with Crippen molar-refractivity contribution in [3.8, 4) is 0 Å². The number of carbonyl (C=O) groups excluding carboxylic acids is 4. The summed E-state index contributed by atoms with van der Waals surface area (Å²) in [5, 5.41) is 0. The van der Waals surface area contributed by atoms with Gasteiger partial charge in [-0.3, -0.25) is 14.4 Å². The van der Waals surface area contributed by atoms with Crippen molar-refractivity contribution in [1.29, 1.82) is 0 Å². The molecule has 11 fully saturated rings. The van der Waals surface area contributed by atoms with Crippen molar-refractivity contribution < 1.29 is 38.1 Å². The van der Waals surface area contributed by atoms with E-state index >= 15 is 4.79 Å². The molecular formula is C47H70O8. The van der Waals surface area contributed by atoms with Gasteiger partial charge in [0.05, 0.1) is 22.9 Å². The van der Waals surface area contributed by atoms with Gasteiger partial charge in [-0.15, -0.1) is 0 Å². The number of carbonyl (C=O) groups is 4. The summed E-state index contributed by atoms with van der Waals surface area (Å²) in [6, 6.07) is 0. The first kappa shape index (κ1) is 38.4. The first-order valence-corrected chi connectivity index (χ1v) is 22.6. The summed E-state index contributed by atoms with van der Waals surface area (Å²) >= 11 is 0. The maximum absolute atomic E-state index is 15.3. The van der Waals surface area contributed by atoms with Gasteiger partial charge in [0.1, 0.15) is 11.2 Å². The van der Waals surface area contributed by atoms with Crippen molar-refractivity contribution in [2.45, 2.75) is 181 Å². The molecule has 8 heteroatoms. The molecule has 11 aliphatic rings. The molecule has 0 radical (unpaired) electrons. The highest BCUT2D eigenvalue weighted by atomic mass is 16.6. The second-order valence-corrected chi connectivity index (χ2v) is 23.5. The molecule has 0 spiro atoms. The molecule has 9 unspecified atom stereocenters. The Bertz CT molecular complexity index is 1550. The molecule has 1 saturated heterocycles. The topological polar surface area (TPSA) is 105 Å². The lowest BCUT2D eigenvalue weighted by molar-refractivity contribution is -0.215. The second-order valence-electron chi connectivity index (χ2n) is 23.5. The minimum absolute atomic E-state index is 0.140. The quantitative estimate of drug-likeness (QED) is 0.143. The summed E-state index contributed by atoms with van der Waals surface area (Å²) < 4.78 is 24.9. The van der Waals surface area contributed by atoms with Crippen LogP contribution in [0.5, 0.6) is 0 Å². The molecule has 0 aromatic heterocycles. The normalized spacial score (nSPS) is 47.0. The molecule has 0 N–H and O–H groups in total. The van der Waals surface area contributed by atoms with E-state index < -0.39 is 45.5 Å². The van der Waals surface area contributed by atoms with E-state index in [0.717, 1.165) is 56.8 Å². The van der Waals surface area contributed by atoms with E-state index in [0.29, 0.717) is 60.2 Å². The molecule has 0 amide bonds. The van der Waals surface area contributed by atoms with E-state index in [1.165, 1.54) is 44.9 Å². The first-order chi connectivity index (χ1) is 25.8. The van der Waals surface area contributed by atoms with Crippen molar-refractivity contribution in [2.24, 2.45) is 80.8 Å². The fraction of sp³-hybridized carbons (Fsp3) is 0.915. The third-order valence-electron chi connectivity index (χ3n) is 18.2. The first-order valence-electron chi connectivity index (χ1n) is 22.6. The number of fused-ring (bicyclic) bond motifs is 2. The Morgan fingerprint density at radius 3 is 1.89 bits per heavy atom. The smallest absolute Gasteiger partial charge is 0.347 e. The fourth-order valence-corrected chi connectivity index (χ4v) is 16.5. The van der Waals surface area contributed by atoms with Crippen LogP contribution < -0.4 is 0 Å². The predicted molar refractivity (Wildman–Crippen MR) is 206 cm³/mol. The van der Waals surface area contributed by atoms with Gasteiger partial charge in [-0.25, -0.2) is 4.79 Å². The molecule has 10 saturated carbocycles. The summed E-state index contributed by atoms with van der Waals surface area (Å²) in [5.41, 5.74) is -4.06. The zero-order valence-corrected chi connectivity index (χ0v) is 35.1. The monoisotopic (exact) mass is 763 g/mol. The Labute approximate surface area is 330 Å². The highest BCUT2D eigenvalue weighted by Crippen LogP contribution is 2.64. The number of hydrogen-bond acceptors (Lipinski definition) is 8. The Morgan fingerprint density at radius 1 is 0.709 bits per heavy atom. The van der Waals surface area contributed by atoms with E-state index in [-0.39, 0.29) is 36.8 Å². The molecule has 9 atom stereocenters. The van der Waals surface area contributed by atoms with Crippen molar-refractivity contribution >= 4 is 23.9 Å². The molecule has 11 rings (SSSR count). The zero-order valence-electron chi connectivity index (χ0n) is 35.1. The van der Waals surface area contributed by atoms with Gasteiger partial charge in [0, 0.05) is 6.42 Å². The Balaban J connectivity index is 1.02. The van der Waals surface area contributed by atoms with Crippen molar-refractivity contribution in [3.05, 3.63) is 0 Å². The molecule has 8 nitrogen and oxygen atoms in total. The maximum atomic E-state index is 15.3. The zero-order chi connectivity index (χ0) is 38.9. The lowest BCUT2D eigenvalue weighted by atomic mass is 9.48. The summed E-state index contributed by atoms with van der Waals surface area (Å²) in [4.78, 5) is 57.3. The molecule has 55 heavy (non-hydrogen) atoms. The van der Waals surface area contributed by atoms with E-state index in [9.17, 15) is 14.4 Å². The van der Waals surface area contributed by atoms with Crippen LogP contribution in [0.25, 0.3) is 0 Å². The molecule has 1 heterocycles. The number of ether oxygens (including phenoxy) is 4. The minimum atomic E-state index is -1.28. The average molecular weight is 763 g/mol. The fourth-order valence-electron chi connectivity index (χ4n) is 16.5. The van der Waals surface area contributed by atoms with Crippen LogP contribution in [0.1, 0.15) is 164 Å². The highest BCUT2D eigenvalue weighted by molar-refractivity contribution is 5.85. The largest absolute Gasteiger partial charge is 0.463 e. The average Bonchev–Trinajstić information content (AvgIpc) is 3.79. The van der Waals surface area contributed by atoms with Gasteiger partial charge in [-0.1, -0.05) is 13.8 Å². The third-order valence-corrected chi connectivity index (χ3v) is 18.2. The van der Waals surface area contributed by atoms with E-state index in [1.54, 1.807) is 0 Å². The number of cyclic esters (lactones) is 1. The van der Waals surface area contributed by atoms with E-state index in [2.05, 4.69) is 20.8 Å². The Morgan fingerprint density at radius 2 is 1.33 bits per heavy atom. The van der Waals surface area contributed by atoms with Gasteiger partial charge in [0.25, 0.3) is 0 Å². The summed E-state index contributed by atoms with van der Waals surface area (Å²) in [5.74, 6) is 4.04. The number of rotatable bonds is 12. The van der Waals surface area contributed by atoms with Crippen LogP contribution in [0.15, 0.2) is 0 Å². The standard InChI is InChI=1S/C47H70O8/c1-27-32-8-9-33(18-32)36(27)23-44(5,41(51)54-46(7)34-14-28-12-29(16-34)17-35(46)15-28)26-45(6,40(50)53-37-10-11-52-38(37)48)24-42(2,3)39(49)55-47-21-30-13-31(22-47)20-43(4,19-30)25-47/h27-37H,8-26H2,1-7H3. The van der Waals surface area contributed by atoms with Gasteiger partial charge in [-0.2, -0.15) is 0 Å². The molecule has 0 aromatic rings. The molecular weight excluding hydrogens is 693 g/mol. The molecule has 306 valence electrons. The Hall–Kier alpha value is -2.12. The van der Waals surface area contributed by atoms with E-state index in [4.69, 9.17) is 18.9 Å². The molecule has 1 aliphatic heterocycles.